The molecular formula is C10H11ClINO2. The number of alkyl carbamates (subject to hydrolysis) is 1. The number of hydrogen-bond donors (Lipinski definition) is 1. The lowest BCUT2D eigenvalue weighted by molar-refractivity contribution is 0.115. The number of hydrogen-bond acceptors (Lipinski definition) is 2. The van der Waals surface area contributed by atoms with E-state index < -0.39 is 0 Å². The van der Waals surface area contributed by atoms with Crippen LogP contribution in [0.25, 0.3) is 0 Å². The Bertz CT molecular complexity index is 342. The van der Waals surface area contributed by atoms with Crippen LogP contribution in [0.5, 0.6) is 0 Å². The third-order valence-electron chi connectivity index (χ3n) is 2.20. The molecule has 0 radical (unpaired) electrons. The van der Waals surface area contributed by atoms with Gasteiger partial charge in [-0.25, -0.2) is 4.79 Å². The Morgan fingerprint density at radius 1 is 1.33 bits per heavy atom. The van der Waals surface area contributed by atoms with E-state index in [9.17, 15) is 4.79 Å². The minimum Gasteiger partial charge on any atom is -0.449 e. The van der Waals surface area contributed by atoms with E-state index in [0.717, 1.165) is 12.0 Å². The highest BCUT2D eigenvalue weighted by atomic mass is 127. The van der Waals surface area contributed by atoms with Crippen LogP contribution in [0.1, 0.15) is 18.0 Å². The molecule has 0 aliphatic carbocycles. The summed E-state index contributed by atoms with van der Waals surface area (Å²) in [6.07, 6.45) is 0.520. The van der Waals surface area contributed by atoms with Gasteiger partial charge >= 0.3 is 6.09 Å². The zero-order valence-corrected chi connectivity index (χ0v) is 10.9. The number of carbonyl (C=O) groups is 1. The summed E-state index contributed by atoms with van der Waals surface area (Å²) in [7, 11) is 0. The van der Waals surface area contributed by atoms with Crippen molar-refractivity contribution in [2.75, 3.05) is 6.61 Å². The van der Waals surface area contributed by atoms with Crippen LogP contribution in [0, 0.1) is 3.57 Å². The van der Waals surface area contributed by atoms with Gasteiger partial charge in [-0.1, -0.05) is 12.1 Å². The first-order valence-corrected chi connectivity index (χ1v) is 5.52. The second-order valence-electron chi connectivity index (χ2n) is 3.17. The van der Waals surface area contributed by atoms with Gasteiger partial charge in [0.2, 0.25) is 0 Å². The Kier molecular flexibility index (Phi) is 4.66. The summed E-state index contributed by atoms with van der Waals surface area (Å²) < 4.78 is 6.00. The molecule has 1 aliphatic heterocycles. The highest BCUT2D eigenvalue weighted by Gasteiger charge is 2.20. The largest absolute Gasteiger partial charge is 0.449 e. The molecule has 0 saturated carbocycles. The molecule has 1 amide bonds. The molecule has 1 saturated heterocycles. The van der Waals surface area contributed by atoms with Gasteiger partial charge in [0.15, 0.2) is 0 Å². The first kappa shape index (κ1) is 12.6. The lowest BCUT2D eigenvalue weighted by Crippen LogP contribution is -2.35. The Balaban J connectivity index is 0.00000112. The summed E-state index contributed by atoms with van der Waals surface area (Å²) in [4.78, 5) is 11.0. The van der Waals surface area contributed by atoms with Crippen LogP contribution in [0.4, 0.5) is 4.79 Å². The minimum absolute atomic E-state index is 0. The van der Waals surface area contributed by atoms with Gasteiger partial charge in [-0.05, 0) is 40.3 Å². The normalized spacial score (nSPS) is 19.8. The van der Waals surface area contributed by atoms with Crippen molar-refractivity contribution in [2.24, 2.45) is 0 Å². The molecule has 82 valence electrons. The highest BCUT2D eigenvalue weighted by Crippen LogP contribution is 2.20. The molecule has 1 atom stereocenters. The van der Waals surface area contributed by atoms with Crippen molar-refractivity contribution in [3.8, 4) is 0 Å². The molecule has 1 N–H and O–H groups in total. The molecule has 1 aromatic rings. The van der Waals surface area contributed by atoms with E-state index >= 15 is 0 Å². The predicted molar refractivity (Wildman–Crippen MR) is 68.2 cm³/mol. The van der Waals surface area contributed by atoms with Crippen molar-refractivity contribution in [1.82, 2.24) is 5.32 Å². The van der Waals surface area contributed by atoms with E-state index in [1.165, 1.54) is 3.57 Å². The maximum absolute atomic E-state index is 11.0. The number of carbonyl (C=O) groups excluding carboxylic acids is 1. The molecule has 15 heavy (non-hydrogen) atoms. The zero-order chi connectivity index (χ0) is 9.97. The van der Waals surface area contributed by atoms with Crippen LogP contribution in [0.2, 0.25) is 0 Å². The number of cyclic esters (lactones) is 1. The van der Waals surface area contributed by atoms with Gasteiger partial charge in [-0.3, -0.25) is 0 Å². The topological polar surface area (TPSA) is 38.3 Å². The molecule has 5 heteroatoms. The number of benzene rings is 1. The molecular weight excluding hydrogens is 328 g/mol. The molecule has 1 heterocycles. The summed E-state index contributed by atoms with van der Waals surface area (Å²) in [5, 5.41) is 2.79. The quantitative estimate of drug-likeness (QED) is 0.799. The molecule has 1 aliphatic rings. The molecule has 0 aromatic heterocycles. The minimum atomic E-state index is -0.320. The van der Waals surface area contributed by atoms with Crippen LogP contribution in [0.15, 0.2) is 24.3 Å². The first-order chi connectivity index (χ1) is 6.75. The maximum Gasteiger partial charge on any atom is 0.407 e. The van der Waals surface area contributed by atoms with Crippen LogP contribution in [-0.2, 0) is 4.74 Å². The predicted octanol–water partition coefficient (Wildman–Crippen LogP) is 2.88. The highest BCUT2D eigenvalue weighted by molar-refractivity contribution is 14.1. The van der Waals surface area contributed by atoms with E-state index in [4.69, 9.17) is 4.74 Å². The van der Waals surface area contributed by atoms with Crippen molar-refractivity contribution in [3.63, 3.8) is 0 Å². The summed E-state index contributed by atoms with van der Waals surface area (Å²) in [5.41, 5.74) is 1.14. The van der Waals surface area contributed by atoms with E-state index in [1.54, 1.807) is 0 Å². The Labute approximate surface area is 108 Å². The summed E-state index contributed by atoms with van der Waals surface area (Å²) >= 11 is 2.26. The monoisotopic (exact) mass is 339 g/mol. The van der Waals surface area contributed by atoms with Gasteiger partial charge in [0.1, 0.15) is 0 Å². The zero-order valence-electron chi connectivity index (χ0n) is 7.90. The SMILES string of the molecule is Cl.O=C1N[C@@H](c2ccc(I)cc2)CCO1. The Morgan fingerprint density at radius 3 is 2.60 bits per heavy atom. The van der Waals surface area contributed by atoms with E-state index in [1.807, 2.05) is 24.3 Å². The molecule has 1 aromatic carbocycles. The maximum atomic E-state index is 11.0. The van der Waals surface area contributed by atoms with Gasteiger partial charge in [0, 0.05) is 9.99 Å². The second kappa shape index (κ2) is 5.55. The lowest BCUT2D eigenvalue weighted by atomic mass is 10.0. The third-order valence-corrected chi connectivity index (χ3v) is 2.92. The van der Waals surface area contributed by atoms with Crippen molar-refractivity contribution in [2.45, 2.75) is 12.5 Å². The second-order valence-corrected chi connectivity index (χ2v) is 4.42. The van der Waals surface area contributed by atoms with Gasteiger partial charge in [0.05, 0.1) is 12.6 Å². The summed E-state index contributed by atoms with van der Waals surface area (Å²) in [6.45, 7) is 0.502. The van der Waals surface area contributed by atoms with Gasteiger partial charge in [-0.2, -0.15) is 0 Å². The molecule has 0 unspecified atom stereocenters. The molecule has 0 bridgehead atoms. The molecule has 3 nitrogen and oxygen atoms in total. The van der Waals surface area contributed by atoms with E-state index in [-0.39, 0.29) is 24.5 Å². The summed E-state index contributed by atoms with van der Waals surface area (Å²) in [6, 6.07) is 8.26. The Morgan fingerprint density at radius 2 is 2.00 bits per heavy atom. The Hall–Kier alpha value is -0.490. The average molecular weight is 340 g/mol. The number of ether oxygens (including phenoxy) is 1. The number of halogens is 2. The fourth-order valence-electron chi connectivity index (χ4n) is 1.47. The standard InChI is InChI=1S/C10H10INO2.ClH/c11-8-3-1-7(2-4-8)9-5-6-14-10(13)12-9;/h1-4,9H,5-6H2,(H,12,13);1H/t9-;/m1./s1. The van der Waals surface area contributed by atoms with Crippen molar-refractivity contribution in [1.29, 1.82) is 0 Å². The number of amides is 1. The molecule has 0 spiro atoms. The number of nitrogens with one attached hydrogen (secondary N) is 1. The van der Waals surface area contributed by atoms with Crippen LogP contribution in [0.3, 0.4) is 0 Å². The van der Waals surface area contributed by atoms with Crippen LogP contribution in [-0.4, -0.2) is 12.7 Å². The lowest BCUT2D eigenvalue weighted by Gasteiger charge is -2.23. The van der Waals surface area contributed by atoms with E-state index in [0.29, 0.717) is 6.61 Å². The van der Waals surface area contributed by atoms with Crippen LogP contribution < -0.4 is 5.32 Å². The van der Waals surface area contributed by atoms with E-state index in [2.05, 4.69) is 27.9 Å². The fraction of sp³-hybridized carbons (Fsp3) is 0.300. The number of rotatable bonds is 1. The fourth-order valence-corrected chi connectivity index (χ4v) is 1.83. The molecule has 2 rings (SSSR count). The average Bonchev–Trinajstić information content (AvgIpc) is 2.19. The smallest absolute Gasteiger partial charge is 0.407 e. The summed E-state index contributed by atoms with van der Waals surface area (Å²) in [5.74, 6) is 0. The van der Waals surface area contributed by atoms with Crippen molar-refractivity contribution >= 4 is 41.1 Å². The van der Waals surface area contributed by atoms with Crippen molar-refractivity contribution < 1.29 is 9.53 Å². The third kappa shape index (κ3) is 3.24. The van der Waals surface area contributed by atoms with Gasteiger partial charge < -0.3 is 10.1 Å². The van der Waals surface area contributed by atoms with Gasteiger partial charge in [-0.15, -0.1) is 12.4 Å². The van der Waals surface area contributed by atoms with Gasteiger partial charge in [0.25, 0.3) is 0 Å². The van der Waals surface area contributed by atoms with Crippen LogP contribution >= 0.6 is 35.0 Å². The molecule has 1 fully saturated rings. The van der Waals surface area contributed by atoms with Crippen molar-refractivity contribution in [3.05, 3.63) is 33.4 Å². The first-order valence-electron chi connectivity index (χ1n) is 4.44.